The first-order valence-corrected chi connectivity index (χ1v) is 11.1. The number of nitrogens with one attached hydrogen (secondary N) is 1. The summed E-state index contributed by atoms with van der Waals surface area (Å²) in [5, 5.41) is 3.58. The normalized spacial score (nSPS) is 19.2. The van der Waals surface area contributed by atoms with Gasteiger partial charge in [-0.2, -0.15) is 0 Å². The van der Waals surface area contributed by atoms with Gasteiger partial charge in [-0.1, -0.05) is 23.7 Å². The molecular formula is C25H24ClN3O3. The minimum atomic E-state index is -0.118. The van der Waals surface area contributed by atoms with Crippen LogP contribution in [0.25, 0.3) is 11.1 Å². The molecule has 1 fully saturated rings. The summed E-state index contributed by atoms with van der Waals surface area (Å²) in [7, 11) is 1.63. The molecule has 2 aliphatic heterocycles. The van der Waals surface area contributed by atoms with Gasteiger partial charge in [-0.25, -0.2) is 4.79 Å². The van der Waals surface area contributed by atoms with Crippen molar-refractivity contribution in [3.8, 4) is 16.9 Å². The SMILES string of the molecule is COc1ccc(-c2ccc3n(c2=O)C[C@H]2C[C@@H]3CN(C(=O)Nc3ccc(Cl)cc3)C2)cc1. The van der Waals surface area contributed by atoms with E-state index in [0.717, 1.165) is 29.1 Å². The van der Waals surface area contributed by atoms with Crippen molar-refractivity contribution in [2.24, 2.45) is 5.92 Å². The smallest absolute Gasteiger partial charge is 0.321 e. The number of pyridine rings is 1. The van der Waals surface area contributed by atoms with Gasteiger partial charge in [0.2, 0.25) is 0 Å². The van der Waals surface area contributed by atoms with Gasteiger partial charge in [0.1, 0.15) is 5.75 Å². The fourth-order valence-electron chi connectivity index (χ4n) is 4.84. The van der Waals surface area contributed by atoms with Crippen LogP contribution in [0.3, 0.4) is 0 Å². The van der Waals surface area contributed by atoms with E-state index >= 15 is 0 Å². The Morgan fingerprint density at radius 1 is 1.00 bits per heavy atom. The second-order valence-corrected chi connectivity index (χ2v) is 8.89. The molecule has 3 aromatic rings. The molecule has 6 nitrogen and oxygen atoms in total. The molecule has 0 aliphatic carbocycles. The molecule has 164 valence electrons. The van der Waals surface area contributed by atoms with Gasteiger partial charge in [0.05, 0.1) is 7.11 Å². The summed E-state index contributed by atoms with van der Waals surface area (Å²) in [6, 6.07) is 18.5. The van der Waals surface area contributed by atoms with Crippen LogP contribution in [0.1, 0.15) is 18.0 Å². The number of hydrogen-bond donors (Lipinski definition) is 1. The molecule has 7 heteroatoms. The molecule has 1 saturated heterocycles. The fourth-order valence-corrected chi connectivity index (χ4v) is 4.96. The van der Waals surface area contributed by atoms with Crippen LogP contribution in [0.4, 0.5) is 10.5 Å². The molecule has 5 rings (SSSR count). The molecule has 0 radical (unpaired) electrons. The highest BCUT2D eigenvalue weighted by Gasteiger charge is 2.36. The van der Waals surface area contributed by atoms with Gasteiger partial charge in [0.25, 0.3) is 5.56 Å². The molecule has 0 saturated carbocycles. The van der Waals surface area contributed by atoms with E-state index in [1.807, 2.05) is 45.9 Å². The van der Waals surface area contributed by atoms with Gasteiger partial charge in [-0.3, -0.25) is 4.79 Å². The van der Waals surface area contributed by atoms with E-state index < -0.39 is 0 Å². The average molecular weight is 450 g/mol. The van der Waals surface area contributed by atoms with Gasteiger partial charge in [-0.05, 0) is 66.4 Å². The summed E-state index contributed by atoms with van der Waals surface area (Å²) >= 11 is 5.93. The Hall–Kier alpha value is -3.25. The van der Waals surface area contributed by atoms with Gasteiger partial charge >= 0.3 is 6.03 Å². The van der Waals surface area contributed by atoms with Crippen LogP contribution in [0, 0.1) is 5.92 Å². The largest absolute Gasteiger partial charge is 0.497 e. The van der Waals surface area contributed by atoms with E-state index in [9.17, 15) is 9.59 Å². The number of amides is 2. The maximum absolute atomic E-state index is 13.3. The number of rotatable bonds is 3. The Morgan fingerprint density at radius 2 is 1.75 bits per heavy atom. The first-order chi connectivity index (χ1) is 15.5. The number of hydrogen-bond acceptors (Lipinski definition) is 3. The first-order valence-electron chi connectivity index (χ1n) is 10.7. The lowest BCUT2D eigenvalue weighted by Gasteiger charge is -2.42. The molecule has 32 heavy (non-hydrogen) atoms. The molecule has 2 amide bonds. The van der Waals surface area contributed by atoms with Crippen molar-refractivity contribution in [1.29, 1.82) is 0 Å². The number of likely N-dealkylation sites (tertiary alicyclic amines) is 1. The first kappa shape index (κ1) is 20.6. The van der Waals surface area contributed by atoms with Crippen molar-refractivity contribution in [1.82, 2.24) is 9.47 Å². The lowest BCUT2D eigenvalue weighted by atomic mass is 9.83. The van der Waals surface area contributed by atoms with E-state index in [0.29, 0.717) is 30.2 Å². The third kappa shape index (κ3) is 3.86. The molecule has 1 N–H and O–H groups in total. The van der Waals surface area contributed by atoms with E-state index in [4.69, 9.17) is 16.3 Å². The zero-order valence-corrected chi connectivity index (χ0v) is 18.5. The molecule has 0 spiro atoms. The highest BCUT2D eigenvalue weighted by Crippen LogP contribution is 2.36. The topological polar surface area (TPSA) is 63.6 Å². The van der Waals surface area contributed by atoms with Crippen molar-refractivity contribution in [3.05, 3.63) is 81.7 Å². The number of fused-ring (bicyclic) bond motifs is 4. The van der Waals surface area contributed by atoms with Crippen LogP contribution < -0.4 is 15.6 Å². The second kappa shape index (κ2) is 8.36. The summed E-state index contributed by atoms with van der Waals surface area (Å²) in [6.45, 7) is 1.85. The van der Waals surface area contributed by atoms with Crippen molar-refractivity contribution in [2.45, 2.75) is 18.9 Å². The number of urea groups is 1. The molecule has 3 heterocycles. The Kier molecular flexibility index (Phi) is 5.39. The Balaban J connectivity index is 1.37. The summed E-state index contributed by atoms with van der Waals surface area (Å²) in [4.78, 5) is 28.0. The summed E-state index contributed by atoms with van der Waals surface area (Å²) in [6.07, 6.45) is 0.992. The van der Waals surface area contributed by atoms with Crippen LogP contribution in [0.5, 0.6) is 5.75 Å². The second-order valence-electron chi connectivity index (χ2n) is 8.46. The number of nitrogens with zero attached hydrogens (tertiary/aromatic N) is 2. The number of anilines is 1. The van der Waals surface area contributed by atoms with Gasteiger partial charge in [0, 0.05) is 47.5 Å². The predicted octanol–water partition coefficient (Wildman–Crippen LogP) is 4.83. The van der Waals surface area contributed by atoms with E-state index in [2.05, 4.69) is 5.32 Å². The highest BCUT2D eigenvalue weighted by atomic mass is 35.5. The van der Waals surface area contributed by atoms with Gasteiger partial charge in [0.15, 0.2) is 0 Å². The van der Waals surface area contributed by atoms with Crippen LogP contribution in [0.15, 0.2) is 65.5 Å². The maximum Gasteiger partial charge on any atom is 0.321 e. The van der Waals surface area contributed by atoms with Gasteiger partial charge in [-0.15, -0.1) is 0 Å². The summed E-state index contributed by atoms with van der Waals surface area (Å²) in [5.74, 6) is 1.16. The molecule has 2 bridgehead atoms. The fraction of sp³-hybridized carbons (Fsp3) is 0.280. The molecular weight excluding hydrogens is 426 g/mol. The predicted molar refractivity (Wildman–Crippen MR) is 126 cm³/mol. The van der Waals surface area contributed by atoms with Crippen molar-refractivity contribution in [2.75, 3.05) is 25.5 Å². The van der Waals surface area contributed by atoms with Crippen LogP contribution in [-0.2, 0) is 6.54 Å². The zero-order chi connectivity index (χ0) is 22.2. The number of ether oxygens (including phenoxy) is 1. The number of carbonyl (C=O) groups excluding carboxylic acids is 1. The quantitative estimate of drug-likeness (QED) is 0.623. The van der Waals surface area contributed by atoms with Crippen LogP contribution in [-0.4, -0.2) is 35.7 Å². The van der Waals surface area contributed by atoms with Gasteiger partial charge < -0.3 is 19.5 Å². The monoisotopic (exact) mass is 449 g/mol. The molecule has 1 aromatic heterocycles. The minimum absolute atomic E-state index is 0.0291. The number of piperidine rings is 1. The lowest BCUT2D eigenvalue weighted by molar-refractivity contribution is 0.139. The molecule has 2 atom stereocenters. The number of aromatic nitrogens is 1. The average Bonchev–Trinajstić information content (AvgIpc) is 2.81. The Labute approximate surface area is 191 Å². The van der Waals surface area contributed by atoms with Crippen LogP contribution >= 0.6 is 11.6 Å². The van der Waals surface area contributed by atoms with Crippen LogP contribution in [0.2, 0.25) is 5.02 Å². The summed E-state index contributed by atoms with van der Waals surface area (Å²) < 4.78 is 7.13. The third-order valence-electron chi connectivity index (χ3n) is 6.39. The van der Waals surface area contributed by atoms with Crippen molar-refractivity contribution >= 4 is 23.3 Å². The number of carbonyl (C=O) groups is 1. The summed E-state index contributed by atoms with van der Waals surface area (Å²) in [5.41, 5.74) is 3.32. The maximum atomic E-state index is 13.3. The lowest BCUT2D eigenvalue weighted by Crippen LogP contribution is -2.50. The zero-order valence-electron chi connectivity index (χ0n) is 17.8. The van der Waals surface area contributed by atoms with Crippen molar-refractivity contribution in [3.63, 3.8) is 0 Å². The molecule has 2 aliphatic rings. The molecule has 2 aromatic carbocycles. The Bertz CT molecular complexity index is 1200. The molecule has 0 unspecified atom stereocenters. The van der Waals surface area contributed by atoms with E-state index in [-0.39, 0.29) is 23.4 Å². The van der Waals surface area contributed by atoms with Crippen molar-refractivity contribution < 1.29 is 9.53 Å². The highest BCUT2D eigenvalue weighted by molar-refractivity contribution is 6.30. The van der Waals surface area contributed by atoms with E-state index in [1.54, 1.807) is 31.4 Å². The number of halogens is 1. The standard InChI is InChI=1S/C25H24ClN3O3/c1-32-21-8-2-17(3-9-21)22-10-11-23-18-12-16(14-29(23)24(22)30)13-28(15-18)25(31)27-20-6-4-19(26)5-7-20/h2-11,16,18H,12-15H2,1H3,(H,27,31)/t16-,18+/m0/s1. The number of methoxy groups -OCH3 is 1. The number of benzene rings is 2. The third-order valence-corrected chi connectivity index (χ3v) is 6.64. The van der Waals surface area contributed by atoms with E-state index in [1.165, 1.54) is 0 Å². The minimum Gasteiger partial charge on any atom is -0.497 e. The Morgan fingerprint density at radius 3 is 2.47 bits per heavy atom.